The number of carbonyl (C=O) groups is 1. The molecule has 1 atom stereocenters. The van der Waals surface area contributed by atoms with Crippen molar-refractivity contribution >= 4 is 5.91 Å². The summed E-state index contributed by atoms with van der Waals surface area (Å²) in [6.45, 7) is 4.19. The number of H-pyrrole nitrogens is 1. The minimum absolute atomic E-state index is 0.0412. The number of amides is 1. The molecule has 3 rings (SSSR count). The first-order valence-corrected chi connectivity index (χ1v) is 7.24. The summed E-state index contributed by atoms with van der Waals surface area (Å²) in [5.41, 5.74) is 1.45. The van der Waals surface area contributed by atoms with Crippen LogP contribution in [0, 0.1) is 0 Å². The SMILES string of the molecule is CCc1cc(C(=O)N2CCNCC2c2nccn2C)n[nH]1. The largest absolute Gasteiger partial charge is 0.336 e. The zero-order valence-electron chi connectivity index (χ0n) is 12.3. The van der Waals surface area contributed by atoms with E-state index in [1.165, 1.54) is 0 Å². The van der Waals surface area contributed by atoms with Crippen molar-refractivity contribution in [1.29, 1.82) is 0 Å². The Morgan fingerprint density at radius 2 is 2.38 bits per heavy atom. The molecule has 112 valence electrons. The van der Waals surface area contributed by atoms with Crippen LogP contribution < -0.4 is 5.32 Å². The summed E-state index contributed by atoms with van der Waals surface area (Å²) in [6.07, 6.45) is 4.50. The van der Waals surface area contributed by atoms with Crippen LogP contribution in [-0.2, 0) is 13.5 Å². The predicted molar refractivity (Wildman–Crippen MR) is 77.8 cm³/mol. The molecule has 0 aliphatic carbocycles. The van der Waals surface area contributed by atoms with Crippen LogP contribution >= 0.6 is 0 Å². The molecule has 2 aromatic heterocycles. The molecule has 0 saturated carbocycles. The lowest BCUT2D eigenvalue weighted by Crippen LogP contribution is -2.49. The number of nitrogens with one attached hydrogen (secondary N) is 2. The highest BCUT2D eigenvalue weighted by atomic mass is 16.2. The van der Waals surface area contributed by atoms with Gasteiger partial charge in [0.2, 0.25) is 0 Å². The molecule has 1 saturated heterocycles. The summed E-state index contributed by atoms with van der Waals surface area (Å²) < 4.78 is 1.96. The van der Waals surface area contributed by atoms with Gasteiger partial charge in [-0.05, 0) is 12.5 Å². The van der Waals surface area contributed by atoms with Gasteiger partial charge in [0.1, 0.15) is 17.6 Å². The fourth-order valence-corrected chi connectivity index (χ4v) is 2.68. The fraction of sp³-hybridized carbons (Fsp3) is 0.500. The molecule has 0 bridgehead atoms. The lowest BCUT2D eigenvalue weighted by atomic mass is 10.1. The first-order chi connectivity index (χ1) is 10.2. The highest BCUT2D eigenvalue weighted by Gasteiger charge is 2.31. The van der Waals surface area contributed by atoms with Crippen molar-refractivity contribution < 1.29 is 4.79 Å². The van der Waals surface area contributed by atoms with Gasteiger partial charge in [0.05, 0.1) is 0 Å². The molecule has 7 nitrogen and oxygen atoms in total. The highest BCUT2D eigenvalue weighted by molar-refractivity contribution is 5.92. The van der Waals surface area contributed by atoms with Crippen molar-refractivity contribution in [3.63, 3.8) is 0 Å². The average Bonchev–Trinajstić information content (AvgIpc) is 3.15. The van der Waals surface area contributed by atoms with Gasteiger partial charge in [-0.2, -0.15) is 5.10 Å². The van der Waals surface area contributed by atoms with Gasteiger partial charge < -0.3 is 14.8 Å². The molecule has 1 amide bonds. The van der Waals surface area contributed by atoms with Gasteiger partial charge in [-0.3, -0.25) is 9.89 Å². The van der Waals surface area contributed by atoms with Crippen molar-refractivity contribution in [1.82, 2.24) is 30.0 Å². The van der Waals surface area contributed by atoms with Crippen molar-refractivity contribution in [3.05, 3.63) is 35.7 Å². The molecular weight excluding hydrogens is 268 g/mol. The maximum Gasteiger partial charge on any atom is 0.275 e. The second-order valence-corrected chi connectivity index (χ2v) is 5.25. The van der Waals surface area contributed by atoms with Crippen LogP contribution in [0.5, 0.6) is 0 Å². The molecule has 7 heteroatoms. The molecule has 1 aliphatic heterocycles. The van der Waals surface area contributed by atoms with Gasteiger partial charge in [0, 0.05) is 44.8 Å². The molecule has 21 heavy (non-hydrogen) atoms. The van der Waals surface area contributed by atoms with E-state index in [4.69, 9.17) is 0 Å². The molecular formula is C14H20N6O. The smallest absolute Gasteiger partial charge is 0.275 e. The zero-order valence-corrected chi connectivity index (χ0v) is 12.3. The number of hydrogen-bond acceptors (Lipinski definition) is 4. The maximum absolute atomic E-state index is 12.7. The second kappa shape index (κ2) is 5.69. The van der Waals surface area contributed by atoms with Crippen molar-refractivity contribution in [2.45, 2.75) is 19.4 Å². The number of hydrogen-bond donors (Lipinski definition) is 2. The normalized spacial score (nSPS) is 19.0. The average molecular weight is 288 g/mol. The molecule has 2 N–H and O–H groups in total. The Kier molecular flexibility index (Phi) is 3.74. The van der Waals surface area contributed by atoms with Crippen LogP contribution in [0.3, 0.4) is 0 Å². The van der Waals surface area contributed by atoms with Crippen LogP contribution in [0.25, 0.3) is 0 Å². The predicted octanol–water partition coefficient (Wildman–Crippen LogP) is 0.492. The molecule has 2 aromatic rings. The van der Waals surface area contributed by atoms with E-state index in [0.717, 1.165) is 24.5 Å². The number of carbonyl (C=O) groups excluding carboxylic acids is 1. The number of aromatic amines is 1. The van der Waals surface area contributed by atoms with Crippen molar-refractivity contribution in [3.8, 4) is 0 Å². The van der Waals surface area contributed by atoms with E-state index in [1.54, 1.807) is 6.20 Å². The molecule has 1 fully saturated rings. The molecule has 1 unspecified atom stereocenters. The van der Waals surface area contributed by atoms with Gasteiger partial charge in [0.15, 0.2) is 0 Å². The van der Waals surface area contributed by atoms with E-state index in [9.17, 15) is 4.79 Å². The minimum atomic E-state index is -0.0620. The van der Waals surface area contributed by atoms with E-state index in [-0.39, 0.29) is 11.9 Å². The standard InChI is InChI=1S/C14H20N6O/c1-3-10-8-11(18-17-10)14(21)20-7-4-15-9-12(20)13-16-5-6-19(13)2/h5-6,8,12,15H,3-4,7,9H2,1-2H3,(H,17,18). The van der Waals surface area contributed by atoms with Crippen LogP contribution in [0.15, 0.2) is 18.5 Å². The Morgan fingerprint density at radius 3 is 3.05 bits per heavy atom. The molecule has 0 aromatic carbocycles. The summed E-state index contributed by atoms with van der Waals surface area (Å²) in [6, 6.07) is 1.77. The Hall–Kier alpha value is -2.15. The van der Waals surface area contributed by atoms with Gasteiger partial charge in [0.25, 0.3) is 5.91 Å². The third kappa shape index (κ3) is 2.56. The summed E-state index contributed by atoms with van der Waals surface area (Å²) >= 11 is 0. The van der Waals surface area contributed by atoms with Crippen LogP contribution in [0.2, 0.25) is 0 Å². The topological polar surface area (TPSA) is 78.8 Å². The van der Waals surface area contributed by atoms with Gasteiger partial charge in [-0.1, -0.05) is 6.92 Å². The van der Waals surface area contributed by atoms with Crippen molar-refractivity contribution in [2.24, 2.45) is 7.05 Å². The minimum Gasteiger partial charge on any atom is -0.336 e. The third-order valence-corrected chi connectivity index (χ3v) is 3.89. The Labute approximate surface area is 123 Å². The van der Waals surface area contributed by atoms with Gasteiger partial charge in [-0.15, -0.1) is 0 Å². The summed E-state index contributed by atoms with van der Waals surface area (Å²) in [5, 5.41) is 10.4. The number of nitrogens with zero attached hydrogens (tertiary/aromatic N) is 4. The Bertz CT molecular complexity index is 631. The summed E-state index contributed by atoms with van der Waals surface area (Å²) in [4.78, 5) is 19.0. The number of piperazine rings is 1. The van der Waals surface area contributed by atoms with Gasteiger partial charge in [-0.25, -0.2) is 4.98 Å². The molecule has 1 aliphatic rings. The summed E-state index contributed by atoms with van der Waals surface area (Å²) in [7, 11) is 1.95. The quantitative estimate of drug-likeness (QED) is 0.861. The summed E-state index contributed by atoms with van der Waals surface area (Å²) in [5.74, 6) is 0.849. The van der Waals surface area contributed by atoms with E-state index < -0.39 is 0 Å². The first kappa shape index (κ1) is 13.8. The van der Waals surface area contributed by atoms with Crippen LogP contribution in [0.4, 0.5) is 0 Å². The Balaban J connectivity index is 1.87. The first-order valence-electron chi connectivity index (χ1n) is 7.24. The van der Waals surface area contributed by atoms with Crippen LogP contribution in [0.1, 0.15) is 35.0 Å². The monoisotopic (exact) mass is 288 g/mol. The zero-order chi connectivity index (χ0) is 14.8. The maximum atomic E-state index is 12.7. The van der Waals surface area contributed by atoms with Gasteiger partial charge >= 0.3 is 0 Å². The van der Waals surface area contributed by atoms with E-state index >= 15 is 0 Å². The molecule has 0 radical (unpaired) electrons. The number of imidazole rings is 1. The van der Waals surface area contributed by atoms with Crippen LogP contribution in [-0.4, -0.2) is 50.2 Å². The Morgan fingerprint density at radius 1 is 1.52 bits per heavy atom. The lowest BCUT2D eigenvalue weighted by molar-refractivity contribution is 0.0614. The molecule has 3 heterocycles. The van der Waals surface area contributed by atoms with Crippen molar-refractivity contribution in [2.75, 3.05) is 19.6 Å². The molecule has 0 spiro atoms. The number of rotatable bonds is 3. The van der Waals surface area contributed by atoms with E-state index in [1.807, 2.05) is 35.7 Å². The second-order valence-electron chi connectivity index (χ2n) is 5.25. The number of aryl methyl sites for hydroxylation is 2. The highest BCUT2D eigenvalue weighted by Crippen LogP contribution is 2.22. The number of aromatic nitrogens is 4. The fourth-order valence-electron chi connectivity index (χ4n) is 2.68. The third-order valence-electron chi connectivity index (χ3n) is 3.89. The lowest BCUT2D eigenvalue weighted by Gasteiger charge is -2.35. The van der Waals surface area contributed by atoms with E-state index in [0.29, 0.717) is 18.8 Å². The van der Waals surface area contributed by atoms with E-state index in [2.05, 4.69) is 20.5 Å².